The first kappa shape index (κ1) is 14.6. The van der Waals surface area contributed by atoms with Crippen molar-refractivity contribution in [2.24, 2.45) is 0 Å². The van der Waals surface area contributed by atoms with Gasteiger partial charge in [-0.05, 0) is 58.5 Å². The van der Waals surface area contributed by atoms with Crippen LogP contribution in [-0.2, 0) is 0 Å². The molecule has 1 aromatic heterocycles. The van der Waals surface area contributed by atoms with Crippen LogP contribution in [0.2, 0.25) is 0 Å². The van der Waals surface area contributed by atoms with Crippen LogP contribution in [0.1, 0.15) is 15.9 Å². The molecule has 0 atom stereocenters. The SMILES string of the molecule is COc1ccc(/C=C/C(=O)c2ccc(-n3cnnn3)cc2)cc1. The summed E-state index contributed by atoms with van der Waals surface area (Å²) in [5.74, 6) is 0.718. The molecule has 3 aromatic rings. The molecule has 6 heteroatoms. The summed E-state index contributed by atoms with van der Waals surface area (Å²) in [6.45, 7) is 0. The van der Waals surface area contributed by atoms with E-state index < -0.39 is 0 Å². The van der Waals surface area contributed by atoms with Gasteiger partial charge in [0, 0.05) is 5.56 Å². The van der Waals surface area contributed by atoms with E-state index >= 15 is 0 Å². The highest BCUT2D eigenvalue weighted by atomic mass is 16.5. The molecule has 0 saturated carbocycles. The fourth-order valence-electron chi connectivity index (χ4n) is 2.04. The van der Waals surface area contributed by atoms with Crippen LogP contribution in [0.3, 0.4) is 0 Å². The maximum Gasteiger partial charge on any atom is 0.185 e. The van der Waals surface area contributed by atoms with Crippen molar-refractivity contribution >= 4 is 11.9 Å². The monoisotopic (exact) mass is 306 g/mol. The molecule has 2 aromatic carbocycles. The minimum Gasteiger partial charge on any atom is -0.497 e. The first-order valence-corrected chi connectivity index (χ1v) is 6.96. The molecule has 6 nitrogen and oxygen atoms in total. The van der Waals surface area contributed by atoms with Crippen molar-refractivity contribution in [2.75, 3.05) is 7.11 Å². The Bertz CT molecular complexity index is 807. The summed E-state index contributed by atoms with van der Waals surface area (Å²) in [5.41, 5.74) is 2.33. The van der Waals surface area contributed by atoms with Gasteiger partial charge in [0.1, 0.15) is 12.1 Å². The number of benzene rings is 2. The van der Waals surface area contributed by atoms with Gasteiger partial charge in [0.2, 0.25) is 0 Å². The number of nitrogens with zero attached hydrogens (tertiary/aromatic N) is 4. The van der Waals surface area contributed by atoms with Gasteiger partial charge in [0.05, 0.1) is 12.8 Å². The van der Waals surface area contributed by atoms with E-state index in [1.165, 1.54) is 11.0 Å². The van der Waals surface area contributed by atoms with E-state index in [1.54, 1.807) is 43.5 Å². The van der Waals surface area contributed by atoms with Crippen LogP contribution in [-0.4, -0.2) is 33.1 Å². The van der Waals surface area contributed by atoms with E-state index in [2.05, 4.69) is 15.5 Å². The summed E-state index contributed by atoms with van der Waals surface area (Å²) >= 11 is 0. The maximum absolute atomic E-state index is 12.2. The van der Waals surface area contributed by atoms with Crippen LogP contribution in [0, 0.1) is 0 Å². The molecule has 0 saturated heterocycles. The molecule has 0 bridgehead atoms. The zero-order chi connectivity index (χ0) is 16.1. The first-order valence-electron chi connectivity index (χ1n) is 6.96. The van der Waals surface area contributed by atoms with Crippen LogP contribution in [0.25, 0.3) is 11.8 Å². The van der Waals surface area contributed by atoms with Gasteiger partial charge in [-0.2, -0.15) is 0 Å². The van der Waals surface area contributed by atoms with Crippen molar-refractivity contribution in [3.8, 4) is 11.4 Å². The number of tetrazole rings is 1. The minimum absolute atomic E-state index is 0.0657. The average molecular weight is 306 g/mol. The van der Waals surface area contributed by atoms with Gasteiger partial charge < -0.3 is 4.74 Å². The second kappa shape index (κ2) is 6.65. The highest BCUT2D eigenvalue weighted by Gasteiger charge is 2.03. The van der Waals surface area contributed by atoms with Crippen LogP contribution < -0.4 is 4.74 Å². The van der Waals surface area contributed by atoms with Gasteiger partial charge in [0.25, 0.3) is 0 Å². The van der Waals surface area contributed by atoms with Crippen molar-refractivity contribution < 1.29 is 9.53 Å². The number of carbonyl (C=O) groups excluding carboxylic acids is 1. The number of hydrogen-bond acceptors (Lipinski definition) is 5. The largest absolute Gasteiger partial charge is 0.497 e. The number of carbonyl (C=O) groups is 1. The Hall–Kier alpha value is -3.28. The fraction of sp³-hybridized carbons (Fsp3) is 0.0588. The number of methoxy groups -OCH3 is 1. The molecule has 0 fully saturated rings. The van der Waals surface area contributed by atoms with Gasteiger partial charge in [-0.3, -0.25) is 4.79 Å². The topological polar surface area (TPSA) is 69.9 Å². The normalized spacial score (nSPS) is 10.8. The fourth-order valence-corrected chi connectivity index (χ4v) is 2.04. The Morgan fingerprint density at radius 1 is 1.09 bits per heavy atom. The lowest BCUT2D eigenvalue weighted by Gasteiger charge is -2.01. The minimum atomic E-state index is -0.0657. The summed E-state index contributed by atoms with van der Waals surface area (Å²) in [7, 11) is 1.62. The summed E-state index contributed by atoms with van der Waals surface area (Å²) in [5, 5.41) is 11.0. The van der Waals surface area contributed by atoms with E-state index in [4.69, 9.17) is 4.74 Å². The first-order chi connectivity index (χ1) is 11.3. The molecule has 0 radical (unpaired) electrons. The van der Waals surface area contributed by atoms with Gasteiger partial charge in [-0.15, -0.1) is 5.10 Å². The molecule has 0 aliphatic heterocycles. The smallest absolute Gasteiger partial charge is 0.185 e. The van der Waals surface area contributed by atoms with Crippen LogP contribution >= 0.6 is 0 Å². The molecule has 1 heterocycles. The number of hydrogen-bond donors (Lipinski definition) is 0. The maximum atomic E-state index is 12.2. The number of aromatic nitrogens is 4. The lowest BCUT2D eigenvalue weighted by atomic mass is 10.1. The molecule has 0 spiro atoms. The lowest BCUT2D eigenvalue weighted by Crippen LogP contribution is -1.98. The molecule has 3 rings (SSSR count). The molecule has 0 aliphatic rings. The van der Waals surface area contributed by atoms with Crippen LogP contribution in [0.5, 0.6) is 5.75 Å². The lowest BCUT2D eigenvalue weighted by molar-refractivity contribution is 0.104. The molecule has 0 aliphatic carbocycles. The highest BCUT2D eigenvalue weighted by molar-refractivity contribution is 6.06. The number of rotatable bonds is 5. The van der Waals surface area contributed by atoms with E-state index in [0.29, 0.717) is 5.56 Å². The standard InChI is InChI=1S/C17H14N4O2/c1-23-16-9-2-13(3-10-16)4-11-17(22)14-5-7-15(8-6-14)21-12-18-19-20-21/h2-12H,1H3/b11-4+. The van der Waals surface area contributed by atoms with Gasteiger partial charge in [0.15, 0.2) is 5.78 Å². The predicted octanol–water partition coefficient (Wildman–Crippen LogP) is 2.57. The Morgan fingerprint density at radius 3 is 2.43 bits per heavy atom. The third-order valence-electron chi connectivity index (χ3n) is 3.31. The van der Waals surface area contributed by atoms with Crippen LogP contribution in [0.4, 0.5) is 0 Å². The number of ether oxygens (including phenoxy) is 1. The molecule has 114 valence electrons. The summed E-state index contributed by atoms with van der Waals surface area (Å²) in [6, 6.07) is 14.6. The van der Waals surface area contributed by atoms with Crippen LogP contribution in [0.15, 0.2) is 60.9 Å². The van der Waals surface area contributed by atoms with Crippen molar-refractivity contribution in [2.45, 2.75) is 0 Å². The Morgan fingerprint density at radius 2 is 1.83 bits per heavy atom. The van der Waals surface area contributed by atoms with E-state index in [0.717, 1.165) is 17.0 Å². The molecule has 23 heavy (non-hydrogen) atoms. The summed E-state index contributed by atoms with van der Waals surface area (Å²) in [6.07, 6.45) is 4.82. The molecule has 0 N–H and O–H groups in total. The average Bonchev–Trinajstić information content (AvgIpc) is 3.15. The summed E-state index contributed by atoms with van der Waals surface area (Å²) < 4.78 is 6.63. The zero-order valence-electron chi connectivity index (χ0n) is 12.5. The summed E-state index contributed by atoms with van der Waals surface area (Å²) in [4.78, 5) is 12.2. The Kier molecular flexibility index (Phi) is 4.24. The van der Waals surface area contributed by atoms with Crippen molar-refractivity contribution in [1.29, 1.82) is 0 Å². The second-order valence-corrected chi connectivity index (χ2v) is 4.77. The second-order valence-electron chi connectivity index (χ2n) is 4.77. The van der Waals surface area contributed by atoms with Gasteiger partial charge in [-0.1, -0.05) is 18.2 Å². The quantitative estimate of drug-likeness (QED) is 0.535. The highest BCUT2D eigenvalue weighted by Crippen LogP contribution is 2.13. The van der Waals surface area contributed by atoms with E-state index in [9.17, 15) is 4.79 Å². The predicted molar refractivity (Wildman–Crippen MR) is 85.5 cm³/mol. The van der Waals surface area contributed by atoms with Crippen molar-refractivity contribution in [1.82, 2.24) is 20.2 Å². The molecule has 0 amide bonds. The molecular formula is C17H14N4O2. The Balaban J connectivity index is 1.71. The third-order valence-corrected chi connectivity index (χ3v) is 3.31. The Labute approximate surface area is 133 Å². The van der Waals surface area contributed by atoms with Crippen molar-refractivity contribution in [3.05, 3.63) is 72.1 Å². The molecular weight excluding hydrogens is 292 g/mol. The third kappa shape index (κ3) is 3.49. The van der Waals surface area contributed by atoms with E-state index in [1.807, 2.05) is 24.3 Å². The van der Waals surface area contributed by atoms with E-state index in [-0.39, 0.29) is 5.78 Å². The van der Waals surface area contributed by atoms with Gasteiger partial charge in [-0.25, -0.2) is 4.68 Å². The zero-order valence-corrected chi connectivity index (χ0v) is 12.5. The van der Waals surface area contributed by atoms with Gasteiger partial charge >= 0.3 is 0 Å². The number of ketones is 1. The number of allylic oxidation sites excluding steroid dienone is 1. The van der Waals surface area contributed by atoms with Crippen molar-refractivity contribution in [3.63, 3.8) is 0 Å². The molecule has 0 unspecified atom stereocenters.